The number of methoxy groups -OCH3 is 1. The van der Waals surface area contributed by atoms with Gasteiger partial charge in [-0.25, -0.2) is 9.97 Å². The van der Waals surface area contributed by atoms with Gasteiger partial charge < -0.3 is 20.3 Å². The van der Waals surface area contributed by atoms with Gasteiger partial charge in [0.1, 0.15) is 11.4 Å². The maximum absolute atomic E-state index is 12.3. The molecule has 1 aromatic heterocycles. The molecule has 2 N–H and O–H groups in total. The van der Waals surface area contributed by atoms with Gasteiger partial charge in [-0.2, -0.15) is 0 Å². The topological polar surface area (TPSA) is 79.4 Å². The molecule has 2 rings (SSSR count). The van der Waals surface area contributed by atoms with E-state index >= 15 is 0 Å². The molecule has 1 amide bonds. The molecule has 1 aromatic carbocycles. The number of aromatic nitrogens is 2. The summed E-state index contributed by atoms with van der Waals surface area (Å²) in [4.78, 5) is 22.7. The Balaban J connectivity index is 1.94. The Morgan fingerprint density at radius 2 is 2.04 bits per heavy atom. The van der Waals surface area contributed by atoms with Crippen LogP contribution < -0.4 is 15.4 Å². The van der Waals surface area contributed by atoms with Crippen molar-refractivity contribution in [1.82, 2.24) is 20.2 Å². The molecule has 0 saturated carbocycles. The second kappa shape index (κ2) is 8.83. The van der Waals surface area contributed by atoms with Gasteiger partial charge in [-0.05, 0) is 26.2 Å². The molecule has 24 heavy (non-hydrogen) atoms. The molecule has 128 valence electrons. The molecule has 0 radical (unpaired) electrons. The van der Waals surface area contributed by atoms with Crippen molar-refractivity contribution in [3.8, 4) is 5.75 Å². The Kier molecular flexibility index (Phi) is 6.51. The highest BCUT2D eigenvalue weighted by Crippen LogP contribution is 2.16. The van der Waals surface area contributed by atoms with E-state index in [4.69, 9.17) is 4.74 Å². The highest BCUT2D eigenvalue weighted by molar-refractivity contribution is 5.92. The first kappa shape index (κ1) is 17.7. The van der Waals surface area contributed by atoms with E-state index in [0.717, 1.165) is 17.9 Å². The lowest BCUT2D eigenvalue weighted by Gasteiger charge is -2.11. The van der Waals surface area contributed by atoms with Gasteiger partial charge in [-0.1, -0.05) is 18.2 Å². The maximum atomic E-state index is 12.3. The van der Waals surface area contributed by atoms with Crippen molar-refractivity contribution in [3.63, 3.8) is 0 Å². The number of likely N-dealkylation sites (N-methyl/N-ethyl adjacent to an activating group) is 1. The Bertz CT molecular complexity index is 676. The number of para-hydroxylation sites is 1. The Labute approximate surface area is 142 Å². The van der Waals surface area contributed by atoms with Crippen molar-refractivity contribution in [2.75, 3.05) is 39.6 Å². The highest BCUT2D eigenvalue weighted by atomic mass is 16.5. The summed E-state index contributed by atoms with van der Waals surface area (Å²) < 4.78 is 5.28. The lowest BCUT2D eigenvalue weighted by atomic mass is 10.2. The molecule has 7 heteroatoms. The van der Waals surface area contributed by atoms with Crippen LogP contribution in [0.1, 0.15) is 16.1 Å². The second-order valence-corrected chi connectivity index (χ2v) is 5.49. The Morgan fingerprint density at radius 1 is 1.25 bits per heavy atom. The molecule has 7 nitrogen and oxygen atoms in total. The van der Waals surface area contributed by atoms with Gasteiger partial charge in [0.25, 0.3) is 5.91 Å². The molecule has 0 atom stereocenters. The summed E-state index contributed by atoms with van der Waals surface area (Å²) in [5.74, 6) is 0.937. The van der Waals surface area contributed by atoms with E-state index in [9.17, 15) is 4.79 Å². The fraction of sp³-hybridized carbons (Fsp3) is 0.353. The Hall–Kier alpha value is -2.67. The standard InChI is InChI=1S/C17H23N5O2/c1-22(2)11-10-19-17-18-9-8-14(21-17)16(23)20-12-13-6-4-5-7-15(13)24-3/h4-9H,10-12H2,1-3H3,(H,20,23)(H,18,19,21). The summed E-state index contributed by atoms with van der Waals surface area (Å²) in [5.41, 5.74) is 1.24. The molecule has 0 spiro atoms. The van der Waals surface area contributed by atoms with Gasteiger partial charge in [0.15, 0.2) is 0 Å². The number of benzene rings is 1. The molecule has 0 unspecified atom stereocenters. The molecule has 1 heterocycles. The largest absolute Gasteiger partial charge is 0.496 e. The van der Waals surface area contributed by atoms with Crippen molar-refractivity contribution in [2.24, 2.45) is 0 Å². The molecular weight excluding hydrogens is 306 g/mol. The van der Waals surface area contributed by atoms with Crippen molar-refractivity contribution in [3.05, 3.63) is 47.8 Å². The first-order valence-electron chi connectivity index (χ1n) is 7.72. The third kappa shape index (κ3) is 5.20. The smallest absolute Gasteiger partial charge is 0.270 e. The van der Waals surface area contributed by atoms with E-state index in [1.165, 1.54) is 0 Å². The number of nitrogens with one attached hydrogen (secondary N) is 2. The van der Waals surface area contributed by atoms with E-state index in [1.54, 1.807) is 19.4 Å². The first-order valence-corrected chi connectivity index (χ1v) is 7.72. The number of hydrogen-bond donors (Lipinski definition) is 2. The maximum Gasteiger partial charge on any atom is 0.270 e. The zero-order valence-electron chi connectivity index (χ0n) is 14.2. The van der Waals surface area contributed by atoms with Crippen LogP contribution in [-0.4, -0.2) is 55.1 Å². The van der Waals surface area contributed by atoms with Gasteiger partial charge in [0.05, 0.1) is 7.11 Å². The van der Waals surface area contributed by atoms with Crippen LogP contribution in [0.5, 0.6) is 5.75 Å². The summed E-state index contributed by atoms with van der Waals surface area (Å²) >= 11 is 0. The third-order valence-electron chi connectivity index (χ3n) is 3.36. The number of hydrogen-bond acceptors (Lipinski definition) is 6. The predicted molar refractivity (Wildman–Crippen MR) is 93.2 cm³/mol. The molecule has 0 aliphatic heterocycles. The number of carbonyl (C=O) groups excluding carboxylic acids is 1. The fourth-order valence-corrected chi connectivity index (χ4v) is 2.08. The molecule has 2 aromatic rings. The number of carbonyl (C=O) groups is 1. The quantitative estimate of drug-likeness (QED) is 0.762. The van der Waals surface area contributed by atoms with Crippen LogP contribution in [0.4, 0.5) is 5.95 Å². The summed E-state index contributed by atoms with van der Waals surface area (Å²) in [6, 6.07) is 9.16. The monoisotopic (exact) mass is 329 g/mol. The second-order valence-electron chi connectivity index (χ2n) is 5.49. The summed E-state index contributed by atoms with van der Waals surface area (Å²) in [5, 5.41) is 5.95. The van der Waals surface area contributed by atoms with Crippen LogP contribution in [-0.2, 0) is 6.54 Å². The van der Waals surface area contributed by atoms with Crippen LogP contribution >= 0.6 is 0 Å². The van der Waals surface area contributed by atoms with Gasteiger partial charge in [-0.15, -0.1) is 0 Å². The molecule has 0 bridgehead atoms. The van der Waals surface area contributed by atoms with Crippen LogP contribution in [0.15, 0.2) is 36.5 Å². The minimum absolute atomic E-state index is 0.251. The average molecular weight is 329 g/mol. The van der Waals surface area contributed by atoms with Crippen LogP contribution in [0.2, 0.25) is 0 Å². The van der Waals surface area contributed by atoms with Gasteiger partial charge in [0.2, 0.25) is 5.95 Å². The zero-order chi connectivity index (χ0) is 17.4. The normalized spacial score (nSPS) is 10.5. The van der Waals surface area contributed by atoms with Crippen LogP contribution in [0, 0.1) is 0 Å². The fourth-order valence-electron chi connectivity index (χ4n) is 2.08. The van der Waals surface area contributed by atoms with E-state index in [0.29, 0.717) is 24.7 Å². The molecule has 0 saturated heterocycles. The third-order valence-corrected chi connectivity index (χ3v) is 3.36. The number of amides is 1. The lowest BCUT2D eigenvalue weighted by molar-refractivity contribution is 0.0945. The van der Waals surface area contributed by atoms with E-state index in [1.807, 2.05) is 38.4 Å². The Morgan fingerprint density at radius 3 is 2.79 bits per heavy atom. The van der Waals surface area contributed by atoms with Crippen molar-refractivity contribution in [1.29, 1.82) is 0 Å². The summed E-state index contributed by atoms with van der Waals surface area (Å²) in [7, 11) is 5.59. The zero-order valence-corrected chi connectivity index (χ0v) is 14.2. The predicted octanol–water partition coefficient (Wildman–Crippen LogP) is 1.39. The van der Waals surface area contributed by atoms with E-state index in [-0.39, 0.29) is 5.91 Å². The number of ether oxygens (including phenoxy) is 1. The van der Waals surface area contributed by atoms with Crippen LogP contribution in [0.3, 0.4) is 0 Å². The van der Waals surface area contributed by atoms with E-state index < -0.39 is 0 Å². The molecular formula is C17H23N5O2. The first-order chi connectivity index (χ1) is 11.6. The van der Waals surface area contributed by atoms with Gasteiger partial charge >= 0.3 is 0 Å². The van der Waals surface area contributed by atoms with Crippen molar-refractivity contribution in [2.45, 2.75) is 6.54 Å². The number of rotatable bonds is 8. The molecule has 0 fully saturated rings. The van der Waals surface area contributed by atoms with Crippen molar-refractivity contribution < 1.29 is 9.53 Å². The van der Waals surface area contributed by atoms with E-state index in [2.05, 4.69) is 25.5 Å². The minimum Gasteiger partial charge on any atom is -0.496 e. The highest BCUT2D eigenvalue weighted by Gasteiger charge is 2.10. The SMILES string of the molecule is COc1ccccc1CNC(=O)c1ccnc(NCCN(C)C)n1. The molecule has 0 aliphatic carbocycles. The minimum atomic E-state index is -0.251. The van der Waals surface area contributed by atoms with Gasteiger partial charge in [0, 0.05) is 31.4 Å². The van der Waals surface area contributed by atoms with Gasteiger partial charge in [-0.3, -0.25) is 4.79 Å². The number of anilines is 1. The number of nitrogens with zero attached hydrogens (tertiary/aromatic N) is 3. The summed E-state index contributed by atoms with van der Waals surface area (Å²) in [6.07, 6.45) is 1.57. The molecule has 0 aliphatic rings. The average Bonchev–Trinajstić information content (AvgIpc) is 2.60. The van der Waals surface area contributed by atoms with Crippen LogP contribution in [0.25, 0.3) is 0 Å². The summed E-state index contributed by atoms with van der Waals surface area (Å²) in [6.45, 7) is 1.93. The van der Waals surface area contributed by atoms with Crippen molar-refractivity contribution >= 4 is 11.9 Å². The lowest BCUT2D eigenvalue weighted by Crippen LogP contribution is -2.25.